The Bertz CT molecular complexity index is 740. The van der Waals surface area contributed by atoms with Crippen molar-refractivity contribution in [2.75, 3.05) is 6.61 Å². The fourth-order valence-corrected chi connectivity index (χ4v) is 3.62. The highest BCUT2D eigenvalue weighted by molar-refractivity contribution is 5.79. The Morgan fingerprint density at radius 1 is 1.07 bits per heavy atom. The van der Waals surface area contributed by atoms with Crippen LogP contribution in [0.5, 0.6) is 0 Å². The third-order valence-corrected chi connectivity index (χ3v) is 5.09. The zero-order valence-corrected chi connectivity index (χ0v) is 18.9. The van der Waals surface area contributed by atoms with Crippen LogP contribution in [0.25, 0.3) is 0 Å². The molecule has 4 rings (SSSR count). The molecule has 1 fully saturated rings. The highest BCUT2D eigenvalue weighted by atomic mass is 16.6. The number of carbonyl (C=O) groups excluding carboxylic acids is 1. The number of carbonyl (C=O) groups is 1. The molecule has 164 valence electrons. The van der Waals surface area contributed by atoms with Gasteiger partial charge >= 0.3 is 0 Å². The maximum absolute atomic E-state index is 12.2. The number of nitrogens with one attached hydrogen (secondary N) is 1. The number of hydrogen-bond donors (Lipinski definition) is 2. The van der Waals surface area contributed by atoms with Gasteiger partial charge in [0.2, 0.25) is 5.91 Å². The SMILES string of the molecule is CC.CC(C)(O)NC(=O)C(Cc1ccccc1)C[C@H]1CO1.c1ccc2c(c1)CCC2. The van der Waals surface area contributed by atoms with E-state index in [-0.39, 0.29) is 17.9 Å². The molecule has 1 unspecified atom stereocenters. The monoisotopic (exact) mass is 411 g/mol. The molecule has 0 bridgehead atoms. The summed E-state index contributed by atoms with van der Waals surface area (Å²) in [6.07, 6.45) is 5.53. The van der Waals surface area contributed by atoms with Crippen LogP contribution in [0.15, 0.2) is 54.6 Å². The fourth-order valence-electron chi connectivity index (χ4n) is 3.62. The van der Waals surface area contributed by atoms with E-state index < -0.39 is 5.72 Å². The van der Waals surface area contributed by atoms with Crippen LogP contribution in [0, 0.1) is 5.92 Å². The number of epoxide rings is 1. The zero-order valence-electron chi connectivity index (χ0n) is 18.9. The predicted molar refractivity (Wildman–Crippen MR) is 122 cm³/mol. The van der Waals surface area contributed by atoms with E-state index >= 15 is 0 Å². The summed E-state index contributed by atoms with van der Waals surface area (Å²) in [4.78, 5) is 12.2. The van der Waals surface area contributed by atoms with Crippen molar-refractivity contribution in [1.82, 2.24) is 5.32 Å². The van der Waals surface area contributed by atoms with Crippen molar-refractivity contribution >= 4 is 5.91 Å². The van der Waals surface area contributed by atoms with E-state index in [2.05, 4.69) is 29.6 Å². The minimum absolute atomic E-state index is 0.119. The van der Waals surface area contributed by atoms with Gasteiger partial charge in [-0.1, -0.05) is 68.4 Å². The second kappa shape index (κ2) is 11.9. The van der Waals surface area contributed by atoms with E-state index in [4.69, 9.17) is 4.74 Å². The summed E-state index contributed by atoms with van der Waals surface area (Å²) < 4.78 is 5.21. The average Bonchev–Trinajstić information content (AvgIpc) is 3.42. The molecule has 0 spiro atoms. The van der Waals surface area contributed by atoms with Gasteiger partial charge in [0.05, 0.1) is 12.7 Å². The van der Waals surface area contributed by atoms with Crippen molar-refractivity contribution in [3.05, 3.63) is 71.3 Å². The van der Waals surface area contributed by atoms with Crippen molar-refractivity contribution < 1.29 is 14.6 Å². The smallest absolute Gasteiger partial charge is 0.225 e. The number of aryl methyl sites for hydroxylation is 2. The van der Waals surface area contributed by atoms with Crippen molar-refractivity contribution in [3.8, 4) is 0 Å². The van der Waals surface area contributed by atoms with Gasteiger partial charge in [-0.15, -0.1) is 0 Å². The molecule has 2 aromatic carbocycles. The lowest BCUT2D eigenvalue weighted by atomic mass is 9.93. The van der Waals surface area contributed by atoms with Gasteiger partial charge < -0.3 is 15.2 Å². The van der Waals surface area contributed by atoms with Gasteiger partial charge in [0.1, 0.15) is 5.72 Å². The Hall–Kier alpha value is -2.17. The molecule has 1 saturated heterocycles. The second-order valence-corrected chi connectivity index (χ2v) is 8.25. The molecule has 1 amide bonds. The van der Waals surface area contributed by atoms with Crippen molar-refractivity contribution in [1.29, 1.82) is 0 Å². The summed E-state index contributed by atoms with van der Waals surface area (Å²) in [5.41, 5.74) is 3.07. The molecule has 0 saturated carbocycles. The maximum Gasteiger partial charge on any atom is 0.225 e. The van der Waals surface area contributed by atoms with Crippen LogP contribution >= 0.6 is 0 Å². The third-order valence-electron chi connectivity index (χ3n) is 5.09. The Morgan fingerprint density at radius 2 is 1.60 bits per heavy atom. The summed E-state index contributed by atoms with van der Waals surface area (Å²) in [6, 6.07) is 18.6. The lowest BCUT2D eigenvalue weighted by molar-refractivity contribution is -0.131. The normalized spacial score (nSPS) is 17.4. The van der Waals surface area contributed by atoms with Crippen LogP contribution in [-0.2, 0) is 28.8 Å². The number of ether oxygens (including phenoxy) is 1. The Balaban J connectivity index is 0.000000241. The molecule has 2 N–H and O–H groups in total. The highest BCUT2D eigenvalue weighted by Crippen LogP contribution is 2.23. The van der Waals surface area contributed by atoms with Crippen LogP contribution in [0.1, 0.15) is 57.2 Å². The zero-order chi connectivity index (χ0) is 22.0. The molecule has 2 atom stereocenters. The average molecular weight is 412 g/mol. The molecule has 0 aromatic heterocycles. The Labute approximate surface area is 181 Å². The molecular formula is C26H37NO3. The van der Waals surface area contributed by atoms with E-state index in [9.17, 15) is 9.90 Å². The lowest BCUT2D eigenvalue weighted by Gasteiger charge is -2.23. The molecule has 2 aromatic rings. The van der Waals surface area contributed by atoms with Gasteiger partial charge in [-0.2, -0.15) is 0 Å². The van der Waals surface area contributed by atoms with Gasteiger partial charge in [0.15, 0.2) is 0 Å². The van der Waals surface area contributed by atoms with E-state index in [1.54, 1.807) is 25.0 Å². The van der Waals surface area contributed by atoms with Gasteiger partial charge in [-0.3, -0.25) is 4.79 Å². The molecule has 1 heterocycles. The van der Waals surface area contributed by atoms with Crippen molar-refractivity contribution in [2.24, 2.45) is 5.92 Å². The van der Waals surface area contributed by atoms with Crippen LogP contribution in [-0.4, -0.2) is 29.4 Å². The number of rotatable bonds is 6. The molecular weight excluding hydrogens is 374 g/mol. The van der Waals surface area contributed by atoms with E-state index in [1.165, 1.54) is 19.3 Å². The summed E-state index contributed by atoms with van der Waals surface area (Å²) in [5.74, 6) is -0.284. The largest absolute Gasteiger partial charge is 0.373 e. The molecule has 4 heteroatoms. The van der Waals surface area contributed by atoms with Gasteiger partial charge in [0.25, 0.3) is 0 Å². The minimum Gasteiger partial charge on any atom is -0.373 e. The summed E-state index contributed by atoms with van der Waals surface area (Å²) >= 11 is 0. The quantitative estimate of drug-likeness (QED) is 0.536. The van der Waals surface area contributed by atoms with Gasteiger partial charge in [-0.25, -0.2) is 0 Å². The third kappa shape index (κ3) is 8.68. The van der Waals surface area contributed by atoms with Gasteiger partial charge in [-0.05, 0) is 62.6 Å². The number of amides is 1. The molecule has 2 aliphatic rings. The first-order chi connectivity index (χ1) is 14.4. The van der Waals surface area contributed by atoms with E-state index in [0.717, 1.165) is 12.2 Å². The summed E-state index contributed by atoms with van der Waals surface area (Å²) in [6.45, 7) is 7.87. The predicted octanol–water partition coefficient (Wildman–Crippen LogP) is 4.68. The topological polar surface area (TPSA) is 61.9 Å². The van der Waals surface area contributed by atoms with Crippen molar-refractivity contribution in [3.63, 3.8) is 0 Å². The standard InChI is InChI=1S/C15H21NO3.C9H10.C2H6/c1-15(2,18)16-14(17)12(9-13-10-19-13)8-11-6-4-3-5-7-11;1-2-5-9-7-3-6-8(9)4-1;1-2/h3-7,12-13,18H,8-10H2,1-2H3,(H,16,17);1-2,4-5H,3,6-7H2;1-2H3/t12?,13-;;/m0../s1. The summed E-state index contributed by atoms with van der Waals surface area (Å²) in [5, 5.41) is 12.3. The minimum atomic E-state index is -1.18. The van der Waals surface area contributed by atoms with Crippen LogP contribution in [0.4, 0.5) is 0 Å². The summed E-state index contributed by atoms with van der Waals surface area (Å²) in [7, 11) is 0. The molecule has 4 nitrogen and oxygen atoms in total. The first-order valence-corrected chi connectivity index (χ1v) is 11.2. The fraction of sp³-hybridized carbons (Fsp3) is 0.500. The number of benzene rings is 2. The lowest BCUT2D eigenvalue weighted by Crippen LogP contribution is -2.46. The molecule has 1 aliphatic heterocycles. The van der Waals surface area contributed by atoms with Crippen LogP contribution < -0.4 is 5.32 Å². The molecule has 1 aliphatic carbocycles. The number of aliphatic hydroxyl groups is 1. The van der Waals surface area contributed by atoms with Crippen LogP contribution in [0.3, 0.4) is 0 Å². The Morgan fingerprint density at radius 3 is 2.10 bits per heavy atom. The number of fused-ring (bicyclic) bond motifs is 1. The van der Waals surface area contributed by atoms with E-state index in [0.29, 0.717) is 12.8 Å². The first kappa shape index (κ1) is 24.1. The molecule has 30 heavy (non-hydrogen) atoms. The maximum atomic E-state index is 12.2. The Kier molecular flexibility index (Phi) is 9.54. The van der Waals surface area contributed by atoms with E-state index in [1.807, 2.05) is 44.2 Å². The molecule has 0 radical (unpaired) electrons. The van der Waals surface area contributed by atoms with Crippen LogP contribution in [0.2, 0.25) is 0 Å². The van der Waals surface area contributed by atoms with Gasteiger partial charge in [0, 0.05) is 5.92 Å². The first-order valence-electron chi connectivity index (χ1n) is 11.2. The van der Waals surface area contributed by atoms with Crippen molar-refractivity contribution in [2.45, 2.75) is 71.6 Å². The highest BCUT2D eigenvalue weighted by Gasteiger charge is 2.32. The number of hydrogen-bond acceptors (Lipinski definition) is 3. The second-order valence-electron chi connectivity index (χ2n) is 8.25.